The molecule has 0 bridgehead atoms. The van der Waals surface area contributed by atoms with E-state index in [9.17, 15) is 0 Å². The van der Waals surface area contributed by atoms with Gasteiger partial charge in [-0.05, 0) is 102 Å². The van der Waals surface area contributed by atoms with E-state index in [-0.39, 0.29) is 5.41 Å². The normalized spacial score (nSPS) is 13.6. The second kappa shape index (κ2) is 10.2. The molecule has 0 aromatic heterocycles. The van der Waals surface area contributed by atoms with Crippen LogP contribution in [0.3, 0.4) is 0 Å². The fraction of sp³-hybridized carbons (Fsp3) is 0.0667. The van der Waals surface area contributed by atoms with Gasteiger partial charge in [-0.15, -0.1) is 0 Å². The molecule has 1 aliphatic heterocycles. The summed E-state index contributed by atoms with van der Waals surface area (Å²) in [5, 5.41) is 7.72. The summed E-state index contributed by atoms with van der Waals surface area (Å²) in [5.41, 5.74) is 11.3. The van der Waals surface area contributed by atoms with Crippen LogP contribution in [0.1, 0.15) is 25.0 Å². The predicted octanol–water partition coefficient (Wildman–Crippen LogP) is 12.6. The summed E-state index contributed by atoms with van der Waals surface area (Å²) >= 11 is 0. The molecule has 0 unspecified atom stereocenters. The average Bonchev–Trinajstić information content (AvgIpc) is 3.12. The molecule has 9 rings (SSSR count). The number of hydrogen-bond acceptors (Lipinski definition) is 1. The molecule has 8 aromatic rings. The van der Waals surface area contributed by atoms with Gasteiger partial charge in [0, 0.05) is 11.1 Å². The van der Waals surface area contributed by atoms with E-state index in [1.807, 2.05) is 0 Å². The third kappa shape index (κ3) is 3.95. The molecule has 0 atom stereocenters. The van der Waals surface area contributed by atoms with E-state index in [4.69, 9.17) is 0 Å². The van der Waals surface area contributed by atoms with Crippen molar-refractivity contribution in [2.75, 3.05) is 4.90 Å². The molecular formula is C45H33N. The Balaban J connectivity index is 1.24. The number of nitrogens with zero attached hydrogens (tertiary/aromatic N) is 1. The summed E-state index contributed by atoms with van der Waals surface area (Å²) in [7, 11) is 0. The lowest BCUT2D eigenvalue weighted by Crippen LogP contribution is -2.30. The predicted molar refractivity (Wildman–Crippen MR) is 197 cm³/mol. The van der Waals surface area contributed by atoms with Crippen molar-refractivity contribution in [3.05, 3.63) is 175 Å². The van der Waals surface area contributed by atoms with Crippen molar-refractivity contribution in [1.82, 2.24) is 0 Å². The van der Waals surface area contributed by atoms with E-state index in [1.165, 1.54) is 82.8 Å². The van der Waals surface area contributed by atoms with Gasteiger partial charge in [-0.2, -0.15) is 0 Å². The van der Waals surface area contributed by atoms with Gasteiger partial charge in [-0.3, -0.25) is 0 Å². The Kier molecular flexibility index (Phi) is 5.92. The largest absolute Gasteiger partial charge is 0.310 e. The van der Waals surface area contributed by atoms with Crippen molar-refractivity contribution in [2.24, 2.45) is 0 Å². The van der Waals surface area contributed by atoms with Crippen LogP contribution in [0.4, 0.5) is 17.1 Å². The number of anilines is 3. The van der Waals surface area contributed by atoms with E-state index in [1.54, 1.807) is 0 Å². The zero-order valence-corrected chi connectivity index (χ0v) is 26.0. The van der Waals surface area contributed by atoms with E-state index in [0.717, 1.165) is 0 Å². The Morgan fingerprint density at radius 2 is 0.848 bits per heavy atom. The van der Waals surface area contributed by atoms with Gasteiger partial charge in [0.05, 0.1) is 11.4 Å². The van der Waals surface area contributed by atoms with Crippen LogP contribution in [0.25, 0.3) is 54.6 Å². The van der Waals surface area contributed by atoms with Crippen LogP contribution < -0.4 is 4.90 Å². The fourth-order valence-corrected chi connectivity index (χ4v) is 7.81. The highest BCUT2D eigenvalue weighted by atomic mass is 15.2. The third-order valence-corrected chi connectivity index (χ3v) is 10.0. The molecule has 1 nitrogen and oxygen atoms in total. The van der Waals surface area contributed by atoms with Gasteiger partial charge in [0.25, 0.3) is 0 Å². The number of rotatable bonds is 3. The number of para-hydroxylation sites is 2. The summed E-state index contributed by atoms with van der Waals surface area (Å²) in [6.07, 6.45) is 0. The van der Waals surface area contributed by atoms with Gasteiger partial charge in [0.2, 0.25) is 0 Å². The molecule has 46 heavy (non-hydrogen) atoms. The minimum absolute atomic E-state index is 0.0730. The molecule has 1 heterocycles. The van der Waals surface area contributed by atoms with Gasteiger partial charge in [-0.25, -0.2) is 0 Å². The molecule has 8 aromatic carbocycles. The van der Waals surface area contributed by atoms with Crippen LogP contribution >= 0.6 is 0 Å². The molecule has 0 saturated heterocycles. The topological polar surface area (TPSA) is 3.24 Å². The number of hydrogen-bond donors (Lipinski definition) is 0. The Morgan fingerprint density at radius 1 is 0.413 bits per heavy atom. The van der Waals surface area contributed by atoms with Gasteiger partial charge < -0.3 is 4.90 Å². The standard InChI is InChI=1S/C45H33N/c1-45(2)40-20-10-12-22-42(40)46(43-23-13-11-21-41(43)45)33-26-24-31(25-27-33)39-29-32-28-38(30-14-4-3-5-15-30)34-16-6-8-18-36(34)44(32)37-19-9-7-17-35(37)39/h3-29H,1-2H3. The van der Waals surface area contributed by atoms with Gasteiger partial charge >= 0.3 is 0 Å². The summed E-state index contributed by atoms with van der Waals surface area (Å²) < 4.78 is 0. The van der Waals surface area contributed by atoms with Crippen molar-refractivity contribution in [1.29, 1.82) is 0 Å². The molecular weight excluding hydrogens is 555 g/mol. The maximum absolute atomic E-state index is 2.43. The summed E-state index contributed by atoms with van der Waals surface area (Å²) in [5.74, 6) is 0. The van der Waals surface area contributed by atoms with Gasteiger partial charge in [0.1, 0.15) is 0 Å². The SMILES string of the molecule is CC1(C)c2ccccc2N(c2ccc(-c3cc4cc(-c5ccccc5)c5ccccc5c4c4ccccc34)cc2)c2ccccc21. The van der Waals surface area contributed by atoms with E-state index < -0.39 is 0 Å². The van der Waals surface area contributed by atoms with E-state index in [2.05, 4.69) is 183 Å². The smallest absolute Gasteiger partial charge is 0.0502 e. The lowest BCUT2D eigenvalue weighted by atomic mass is 9.73. The zero-order chi connectivity index (χ0) is 30.8. The van der Waals surface area contributed by atoms with Crippen molar-refractivity contribution in [3.8, 4) is 22.3 Å². The maximum atomic E-state index is 2.43. The minimum atomic E-state index is -0.0730. The van der Waals surface area contributed by atoms with Crippen molar-refractivity contribution < 1.29 is 0 Å². The Morgan fingerprint density at radius 3 is 1.39 bits per heavy atom. The number of benzene rings is 8. The van der Waals surface area contributed by atoms with Crippen LogP contribution in [0.5, 0.6) is 0 Å². The number of fused-ring (bicyclic) bond motifs is 7. The molecule has 0 fully saturated rings. The first kappa shape index (κ1) is 26.7. The van der Waals surface area contributed by atoms with Crippen molar-refractivity contribution >= 4 is 49.4 Å². The van der Waals surface area contributed by atoms with Crippen LogP contribution in [-0.4, -0.2) is 0 Å². The van der Waals surface area contributed by atoms with E-state index >= 15 is 0 Å². The molecule has 218 valence electrons. The summed E-state index contributed by atoms with van der Waals surface area (Å²) in [4.78, 5) is 2.43. The van der Waals surface area contributed by atoms with Gasteiger partial charge in [-0.1, -0.05) is 141 Å². The highest BCUT2D eigenvalue weighted by Crippen LogP contribution is 2.52. The Bertz CT molecular complexity index is 2380. The lowest BCUT2D eigenvalue weighted by molar-refractivity contribution is 0.632. The molecule has 0 saturated carbocycles. The minimum Gasteiger partial charge on any atom is -0.310 e. The first-order valence-electron chi connectivity index (χ1n) is 16.1. The second-order valence-electron chi connectivity index (χ2n) is 12.9. The van der Waals surface area contributed by atoms with Crippen LogP contribution in [0, 0.1) is 0 Å². The maximum Gasteiger partial charge on any atom is 0.0502 e. The first-order valence-corrected chi connectivity index (χ1v) is 16.1. The summed E-state index contributed by atoms with van der Waals surface area (Å²) in [6.45, 7) is 4.67. The molecule has 0 aliphatic carbocycles. The van der Waals surface area contributed by atoms with Gasteiger partial charge in [0.15, 0.2) is 0 Å². The third-order valence-electron chi connectivity index (χ3n) is 10.0. The monoisotopic (exact) mass is 587 g/mol. The Labute approximate surface area is 270 Å². The molecule has 0 amide bonds. The van der Waals surface area contributed by atoms with Crippen LogP contribution in [0.2, 0.25) is 0 Å². The van der Waals surface area contributed by atoms with Crippen LogP contribution in [-0.2, 0) is 5.41 Å². The van der Waals surface area contributed by atoms with E-state index in [0.29, 0.717) is 0 Å². The highest BCUT2D eigenvalue weighted by Gasteiger charge is 2.36. The Hall–Kier alpha value is -5.66. The molecule has 0 N–H and O–H groups in total. The zero-order valence-electron chi connectivity index (χ0n) is 26.0. The lowest BCUT2D eigenvalue weighted by Gasteiger charge is -2.42. The highest BCUT2D eigenvalue weighted by molar-refractivity contribution is 6.25. The molecule has 0 spiro atoms. The molecule has 0 radical (unpaired) electrons. The quantitative estimate of drug-likeness (QED) is 0.186. The molecule has 1 heteroatoms. The average molecular weight is 588 g/mol. The first-order chi connectivity index (χ1) is 22.6. The second-order valence-corrected chi connectivity index (χ2v) is 12.9. The van der Waals surface area contributed by atoms with Crippen LogP contribution in [0.15, 0.2) is 164 Å². The fourth-order valence-electron chi connectivity index (χ4n) is 7.81. The van der Waals surface area contributed by atoms with Crippen molar-refractivity contribution in [2.45, 2.75) is 19.3 Å². The van der Waals surface area contributed by atoms with Crippen molar-refractivity contribution in [3.63, 3.8) is 0 Å². The summed E-state index contributed by atoms with van der Waals surface area (Å²) in [6, 6.07) is 60.2. The molecule has 1 aliphatic rings.